The molecule has 0 bridgehead atoms. The second kappa shape index (κ2) is 5.98. The maximum absolute atomic E-state index is 10.9. The number of hydrogen-bond acceptors (Lipinski definition) is 5. The van der Waals surface area contributed by atoms with Crippen molar-refractivity contribution in [1.29, 1.82) is 0 Å². The predicted molar refractivity (Wildman–Crippen MR) is 98.1 cm³/mol. The molecule has 0 aromatic heterocycles. The van der Waals surface area contributed by atoms with E-state index in [4.69, 9.17) is 15.2 Å². The zero-order chi connectivity index (χ0) is 17.7. The fraction of sp³-hybridized carbons (Fsp3) is 0.429. The average molecular weight is 352 g/mol. The summed E-state index contributed by atoms with van der Waals surface area (Å²) in [4.78, 5) is 2.45. The minimum absolute atomic E-state index is 0.193. The highest BCUT2D eigenvalue weighted by molar-refractivity contribution is 5.46. The van der Waals surface area contributed by atoms with Gasteiger partial charge < -0.3 is 20.3 Å². The third-order valence-electron chi connectivity index (χ3n) is 6.35. The van der Waals surface area contributed by atoms with Crippen molar-refractivity contribution in [2.75, 3.05) is 19.9 Å². The van der Waals surface area contributed by atoms with Crippen molar-refractivity contribution in [2.45, 2.75) is 36.9 Å². The molecule has 1 saturated heterocycles. The Morgan fingerprint density at radius 2 is 1.85 bits per heavy atom. The minimum Gasteiger partial charge on any atom is -0.454 e. The van der Waals surface area contributed by atoms with E-state index in [-0.39, 0.29) is 11.5 Å². The number of rotatable bonds is 2. The van der Waals surface area contributed by atoms with Gasteiger partial charge in [-0.15, -0.1) is 0 Å². The Labute approximate surface area is 153 Å². The van der Waals surface area contributed by atoms with Gasteiger partial charge in [0.25, 0.3) is 0 Å². The molecule has 1 aliphatic carbocycles. The van der Waals surface area contributed by atoms with Gasteiger partial charge in [-0.2, -0.15) is 0 Å². The molecule has 2 aromatic rings. The van der Waals surface area contributed by atoms with Crippen LogP contribution in [-0.4, -0.2) is 36.0 Å². The molecule has 5 heteroatoms. The van der Waals surface area contributed by atoms with Crippen LogP contribution in [0.25, 0.3) is 0 Å². The number of likely N-dealkylation sites (tertiary alicyclic amines) is 1. The van der Waals surface area contributed by atoms with E-state index in [9.17, 15) is 5.11 Å². The summed E-state index contributed by atoms with van der Waals surface area (Å²) in [5.41, 5.74) is 9.72. The lowest BCUT2D eigenvalue weighted by Crippen LogP contribution is -2.48. The number of hydrogen-bond donors (Lipinski definition) is 2. The second-order valence-corrected chi connectivity index (χ2v) is 7.68. The van der Waals surface area contributed by atoms with Crippen molar-refractivity contribution < 1.29 is 14.6 Å². The largest absolute Gasteiger partial charge is 0.454 e. The van der Waals surface area contributed by atoms with Gasteiger partial charge in [0.2, 0.25) is 6.79 Å². The lowest BCUT2D eigenvalue weighted by Gasteiger charge is -2.42. The number of nitrogens with zero attached hydrogens (tertiary/aromatic N) is 1. The summed E-state index contributed by atoms with van der Waals surface area (Å²) in [5, 5.41) is 10.9. The molecule has 5 rings (SSSR count). The van der Waals surface area contributed by atoms with Crippen LogP contribution in [0.15, 0.2) is 42.5 Å². The minimum atomic E-state index is -0.493. The summed E-state index contributed by atoms with van der Waals surface area (Å²) in [6.07, 6.45) is 1.37. The summed E-state index contributed by atoms with van der Waals surface area (Å²) < 4.78 is 10.9. The first kappa shape index (κ1) is 16.1. The van der Waals surface area contributed by atoms with E-state index in [2.05, 4.69) is 35.2 Å². The third-order valence-corrected chi connectivity index (χ3v) is 6.35. The van der Waals surface area contributed by atoms with Crippen LogP contribution in [0.4, 0.5) is 0 Å². The number of benzene rings is 2. The summed E-state index contributed by atoms with van der Waals surface area (Å²) in [7, 11) is 0. The van der Waals surface area contributed by atoms with E-state index < -0.39 is 6.10 Å². The first-order chi connectivity index (χ1) is 12.7. The lowest BCUT2D eigenvalue weighted by atomic mass is 9.72. The van der Waals surface area contributed by atoms with Gasteiger partial charge in [-0.25, -0.2) is 0 Å². The number of nitrogens with two attached hydrogens (primary N) is 1. The first-order valence-electron chi connectivity index (χ1n) is 9.31. The van der Waals surface area contributed by atoms with Crippen LogP contribution in [-0.2, 0) is 12.0 Å². The van der Waals surface area contributed by atoms with E-state index in [0.717, 1.165) is 49.5 Å². The monoisotopic (exact) mass is 352 g/mol. The molecule has 1 fully saturated rings. The van der Waals surface area contributed by atoms with E-state index in [1.54, 1.807) is 0 Å². The molecule has 0 amide bonds. The Morgan fingerprint density at radius 3 is 2.69 bits per heavy atom. The van der Waals surface area contributed by atoms with Crippen LogP contribution in [0.3, 0.4) is 0 Å². The van der Waals surface area contributed by atoms with Crippen LogP contribution in [0.5, 0.6) is 11.5 Å². The van der Waals surface area contributed by atoms with Crippen LogP contribution in [0, 0.1) is 0 Å². The maximum Gasteiger partial charge on any atom is 0.231 e. The molecule has 5 nitrogen and oxygen atoms in total. The van der Waals surface area contributed by atoms with Crippen molar-refractivity contribution in [3.8, 4) is 11.5 Å². The van der Waals surface area contributed by atoms with E-state index >= 15 is 0 Å². The molecule has 3 N–H and O–H groups in total. The Balaban J connectivity index is 1.32. The summed E-state index contributed by atoms with van der Waals surface area (Å²) in [5.74, 6) is 1.66. The quantitative estimate of drug-likeness (QED) is 0.868. The molecule has 0 saturated carbocycles. The molecule has 0 unspecified atom stereocenters. The van der Waals surface area contributed by atoms with Gasteiger partial charge in [0.05, 0.1) is 12.1 Å². The van der Waals surface area contributed by atoms with Crippen molar-refractivity contribution in [1.82, 2.24) is 4.90 Å². The van der Waals surface area contributed by atoms with Crippen LogP contribution < -0.4 is 15.2 Å². The number of fused-ring (bicyclic) bond motifs is 3. The predicted octanol–water partition coefficient (Wildman–Crippen LogP) is 2.32. The van der Waals surface area contributed by atoms with E-state index in [1.165, 1.54) is 11.1 Å². The molecule has 136 valence electrons. The van der Waals surface area contributed by atoms with Gasteiger partial charge in [-0.1, -0.05) is 30.3 Å². The number of aliphatic hydroxyl groups is 1. The number of ether oxygens (including phenoxy) is 2. The fourth-order valence-corrected chi connectivity index (χ4v) is 4.89. The Morgan fingerprint density at radius 1 is 1.08 bits per heavy atom. The lowest BCUT2D eigenvalue weighted by molar-refractivity contribution is 0.0271. The average Bonchev–Trinajstić information content (AvgIpc) is 3.22. The Kier molecular flexibility index (Phi) is 3.71. The van der Waals surface area contributed by atoms with Crippen molar-refractivity contribution in [2.24, 2.45) is 5.73 Å². The van der Waals surface area contributed by atoms with Gasteiger partial charge in [-0.05, 0) is 54.8 Å². The highest BCUT2D eigenvalue weighted by Gasteiger charge is 2.51. The van der Waals surface area contributed by atoms with Crippen molar-refractivity contribution in [3.05, 3.63) is 59.2 Å². The zero-order valence-corrected chi connectivity index (χ0v) is 14.7. The van der Waals surface area contributed by atoms with Gasteiger partial charge in [0.15, 0.2) is 11.5 Å². The number of aliphatic hydroxyl groups excluding tert-OH is 1. The molecule has 3 aliphatic rings. The van der Waals surface area contributed by atoms with Crippen LogP contribution in [0.2, 0.25) is 0 Å². The maximum atomic E-state index is 10.9. The zero-order valence-electron chi connectivity index (χ0n) is 14.7. The first-order valence-corrected chi connectivity index (χ1v) is 9.31. The summed E-state index contributed by atoms with van der Waals surface area (Å²) >= 11 is 0. The van der Waals surface area contributed by atoms with Gasteiger partial charge >= 0.3 is 0 Å². The molecule has 2 atom stereocenters. The Bertz CT molecular complexity index is 830. The van der Waals surface area contributed by atoms with Crippen molar-refractivity contribution in [3.63, 3.8) is 0 Å². The summed E-state index contributed by atoms with van der Waals surface area (Å²) in [6, 6.07) is 14.2. The Hall–Kier alpha value is -2.08. The molecular weight excluding hydrogens is 328 g/mol. The molecule has 2 heterocycles. The topological polar surface area (TPSA) is 68.0 Å². The molecule has 2 aromatic carbocycles. The van der Waals surface area contributed by atoms with Crippen LogP contribution in [0.1, 0.15) is 35.6 Å². The third kappa shape index (κ3) is 2.35. The van der Waals surface area contributed by atoms with Crippen LogP contribution >= 0.6 is 0 Å². The van der Waals surface area contributed by atoms with Crippen molar-refractivity contribution >= 4 is 0 Å². The molecule has 1 spiro atoms. The molecule has 0 radical (unpaired) electrons. The van der Waals surface area contributed by atoms with Gasteiger partial charge in [0.1, 0.15) is 0 Å². The van der Waals surface area contributed by atoms with E-state index in [0.29, 0.717) is 6.79 Å². The van der Waals surface area contributed by atoms with Gasteiger partial charge in [0, 0.05) is 12.0 Å². The normalized spacial score (nSPS) is 26.2. The van der Waals surface area contributed by atoms with E-state index in [1.807, 2.05) is 12.1 Å². The fourth-order valence-electron chi connectivity index (χ4n) is 4.89. The smallest absolute Gasteiger partial charge is 0.231 e. The molecule has 2 aliphatic heterocycles. The highest BCUT2D eigenvalue weighted by atomic mass is 16.7. The molecule has 26 heavy (non-hydrogen) atoms. The van der Waals surface area contributed by atoms with Gasteiger partial charge in [-0.3, -0.25) is 4.90 Å². The highest BCUT2D eigenvalue weighted by Crippen LogP contribution is 2.50. The summed E-state index contributed by atoms with van der Waals surface area (Å²) in [6.45, 7) is 3.10. The standard InChI is InChI=1S/C21H24N2O3/c22-19-15-3-1-2-4-16(15)21(20(19)24)7-9-23(10-8-21)12-14-5-6-17-18(11-14)26-13-25-17/h1-6,11,19-20,24H,7-10,12-13,22H2/t19-,20+/m1/s1. The SMILES string of the molecule is N[C@@H]1c2ccccc2C2(CCN(Cc3ccc4c(c3)OCO4)CC2)[C@H]1O. The molecular formula is C21H24N2O3. The second-order valence-electron chi connectivity index (χ2n) is 7.68. The number of piperidine rings is 1.